The number of nitrogens with zero attached hydrogens (tertiary/aromatic N) is 3. The molecule has 4 rings (SSSR count). The molecule has 0 fully saturated rings. The Hall–Kier alpha value is -5.11. The minimum absolute atomic E-state index is 0.158. The average Bonchev–Trinajstić information content (AvgIpc) is 3.12. The third-order valence-corrected chi connectivity index (χ3v) is 7.88. The Morgan fingerprint density at radius 1 is 0.865 bits per heavy atom. The van der Waals surface area contributed by atoms with E-state index in [-0.39, 0.29) is 31.0 Å². The smallest absolute Gasteiger partial charge is 0.338 e. The summed E-state index contributed by atoms with van der Waals surface area (Å²) in [4.78, 5) is 55.8. The van der Waals surface area contributed by atoms with Crippen molar-refractivity contribution in [2.45, 2.75) is 85.0 Å². The van der Waals surface area contributed by atoms with E-state index in [0.717, 1.165) is 27.6 Å². The van der Waals surface area contributed by atoms with Gasteiger partial charge in [-0.05, 0) is 88.6 Å². The molecule has 0 spiro atoms. The number of carbonyl (C=O) groups excluding carboxylic acids is 3. The number of urea groups is 1. The number of rotatable bonds is 18. The summed E-state index contributed by atoms with van der Waals surface area (Å²) in [6.07, 6.45) is 4.39. The second-order valence-electron chi connectivity index (χ2n) is 13.1. The maximum absolute atomic E-state index is 14.8. The zero-order valence-electron chi connectivity index (χ0n) is 30.8. The quantitative estimate of drug-likeness (QED) is 0.0946. The fourth-order valence-corrected chi connectivity index (χ4v) is 5.51. The van der Waals surface area contributed by atoms with Crippen LogP contribution < -0.4 is 20.9 Å². The molecule has 278 valence electrons. The SMILES string of the molecule is CCOC(OCC)[C@H](C)N(Cc1cccc2cccnc12)C(=O)[C@H](Cc1ccc(OC(C)(C)C)cc1)NC(=O)CONC(=O)NCc1ccncc1. The van der Waals surface area contributed by atoms with Crippen LogP contribution in [0.4, 0.5) is 4.79 Å². The number of ether oxygens (including phenoxy) is 3. The highest BCUT2D eigenvalue weighted by Gasteiger charge is 2.34. The van der Waals surface area contributed by atoms with Gasteiger partial charge in [0.1, 0.15) is 17.4 Å². The second-order valence-corrected chi connectivity index (χ2v) is 13.1. The highest BCUT2D eigenvalue weighted by atomic mass is 16.7. The van der Waals surface area contributed by atoms with E-state index in [1.807, 2.05) is 96.1 Å². The van der Waals surface area contributed by atoms with E-state index in [2.05, 4.69) is 26.1 Å². The Labute approximate surface area is 305 Å². The Morgan fingerprint density at radius 2 is 1.56 bits per heavy atom. The minimum Gasteiger partial charge on any atom is -0.488 e. The minimum atomic E-state index is -1.03. The Morgan fingerprint density at radius 3 is 2.23 bits per heavy atom. The molecular formula is C39H50N6O7. The summed E-state index contributed by atoms with van der Waals surface area (Å²) in [5.74, 6) is -0.290. The number of hydroxylamine groups is 1. The van der Waals surface area contributed by atoms with Gasteiger partial charge in [0.15, 0.2) is 12.9 Å². The van der Waals surface area contributed by atoms with Crippen molar-refractivity contribution >= 4 is 28.7 Å². The summed E-state index contributed by atoms with van der Waals surface area (Å²) in [7, 11) is 0. The number of nitrogens with one attached hydrogen (secondary N) is 3. The first-order valence-electron chi connectivity index (χ1n) is 17.5. The third-order valence-electron chi connectivity index (χ3n) is 7.88. The van der Waals surface area contributed by atoms with Crippen LogP contribution in [0.15, 0.2) is 85.3 Å². The predicted octanol–water partition coefficient (Wildman–Crippen LogP) is 5.08. The molecule has 4 aromatic rings. The summed E-state index contributed by atoms with van der Waals surface area (Å²) in [6.45, 7) is 12.1. The standard InChI is InChI=1S/C39H50N6O7/c1-7-49-37(50-8-2)27(3)45(25-31-12-9-11-30-13-10-20-41-35(30)31)36(47)33(23-28-14-16-32(17-15-28)52-39(4,5)6)43-34(46)26-51-44-38(48)42-24-29-18-21-40-22-19-29/h9-22,27,33,37H,7-8,23-26H2,1-6H3,(H,43,46)(H2,42,44,48)/t27-,33-/m0/s1. The topological polar surface area (TPSA) is 153 Å². The van der Waals surface area contributed by atoms with Gasteiger partial charge in [0.05, 0.1) is 11.6 Å². The predicted molar refractivity (Wildman–Crippen MR) is 197 cm³/mol. The molecule has 0 saturated carbocycles. The second kappa shape index (κ2) is 19.5. The zero-order chi connectivity index (χ0) is 37.5. The molecule has 0 saturated heterocycles. The molecule has 0 aliphatic heterocycles. The number of aromatic nitrogens is 2. The van der Waals surface area contributed by atoms with Gasteiger partial charge in [-0.15, -0.1) is 0 Å². The van der Waals surface area contributed by atoms with E-state index >= 15 is 0 Å². The molecule has 13 nitrogen and oxygen atoms in total. The molecular weight excluding hydrogens is 664 g/mol. The van der Waals surface area contributed by atoms with E-state index < -0.39 is 36.9 Å². The van der Waals surface area contributed by atoms with Crippen molar-refractivity contribution in [1.29, 1.82) is 0 Å². The molecule has 0 aliphatic rings. The van der Waals surface area contributed by atoms with Crippen molar-refractivity contribution in [3.8, 4) is 5.75 Å². The Kier molecular flexibility index (Phi) is 14.9. The molecule has 0 bridgehead atoms. The number of amides is 4. The highest BCUT2D eigenvalue weighted by Crippen LogP contribution is 2.23. The van der Waals surface area contributed by atoms with Crippen LogP contribution in [0.5, 0.6) is 5.75 Å². The van der Waals surface area contributed by atoms with E-state index in [4.69, 9.17) is 19.0 Å². The van der Waals surface area contributed by atoms with Gasteiger partial charge in [0, 0.05) is 56.7 Å². The molecule has 3 N–H and O–H groups in total. The largest absolute Gasteiger partial charge is 0.488 e. The van der Waals surface area contributed by atoms with E-state index in [9.17, 15) is 14.4 Å². The van der Waals surface area contributed by atoms with E-state index in [1.54, 1.807) is 35.6 Å². The maximum atomic E-state index is 14.8. The first kappa shape index (κ1) is 39.7. The lowest BCUT2D eigenvalue weighted by Gasteiger charge is -2.36. The molecule has 2 aromatic carbocycles. The Bertz CT molecular complexity index is 1720. The van der Waals surface area contributed by atoms with Crippen molar-refractivity contribution in [2.75, 3.05) is 19.8 Å². The fourth-order valence-electron chi connectivity index (χ4n) is 5.51. The van der Waals surface area contributed by atoms with Crippen LogP contribution in [0.25, 0.3) is 10.9 Å². The van der Waals surface area contributed by atoms with Crippen molar-refractivity contribution in [3.63, 3.8) is 0 Å². The van der Waals surface area contributed by atoms with Crippen LogP contribution in [0.3, 0.4) is 0 Å². The molecule has 0 aliphatic carbocycles. The monoisotopic (exact) mass is 714 g/mol. The van der Waals surface area contributed by atoms with Gasteiger partial charge < -0.3 is 29.7 Å². The number of para-hydroxylation sites is 1. The molecule has 52 heavy (non-hydrogen) atoms. The van der Waals surface area contributed by atoms with Crippen molar-refractivity contribution in [1.82, 2.24) is 31.0 Å². The average molecular weight is 715 g/mol. The van der Waals surface area contributed by atoms with Crippen LogP contribution >= 0.6 is 0 Å². The van der Waals surface area contributed by atoms with Gasteiger partial charge in [-0.1, -0.05) is 36.4 Å². The van der Waals surface area contributed by atoms with Gasteiger partial charge in [-0.25, -0.2) is 10.3 Å². The number of hydrogen-bond donors (Lipinski definition) is 3. The summed E-state index contributed by atoms with van der Waals surface area (Å²) >= 11 is 0. The first-order chi connectivity index (χ1) is 25.0. The molecule has 0 unspecified atom stereocenters. The summed E-state index contributed by atoms with van der Waals surface area (Å²) in [5, 5.41) is 6.42. The van der Waals surface area contributed by atoms with Crippen LogP contribution in [-0.4, -0.2) is 76.5 Å². The van der Waals surface area contributed by atoms with Crippen LogP contribution in [0.1, 0.15) is 58.2 Å². The number of carbonyl (C=O) groups is 3. The molecule has 4 amide bonds. The van der Waals surface area contributed by atoms with Crippen LogP contribution in [-0.2, 0) is 43.4 Å². The van der Waals surface area contributed by atoms with Gasteiger partial charge in [-0.3, -0.25) is 24.4 Å². The Balaban J connectivity index is 1.57. The molecule has 13 heteroatoms. The van der Waals surface area contributed by atoms with Gasteiger partial charge in [0.2, 0.25) is 11.8 Å². The first-order valence-corrected chi connectivity index (χ1v) is 17.5. The third kappa shape index (κ3) is 12.3. The molecule has 0 radical (unpaired) electrons. The van der Waals surface area contributed by atoms with Crippen LogP contribution in [0.2, 0.25) is 0 Å². The van der Waals surface area contributed by atoms with Gasteiger partial charge in [-0.2, -0.15) is 0 Å². The number of fused-ring (bicyclic) bond motifs is 1. The number of benzene rings is 2. The summed E-state index contributed by atoms with van der Waals surface area (Å²) in [6, 6.07) is 18.4. The summed E-state index contributed by atoms with van der Waals surface area (Å²) in [5.41, 5.74) is 5.05. The summed E-state index contributed by atoms with van der Waals surface area (Å²) < 4.78 is 17.9. The van der Waals surface area contributed by atoms with Gasteiger partial charge >= 0.3 is 6.03 Å². The van der Waals surface area contributed by atoms with E-state index in [0.29, 0.717) is 19.0 Å². The van der Waals surface area contributed by atoms with Crippen molar-refractivity contribution in [3.05, 3.63) is 102 Å². The van der Waals surface area contributed by atoms with Crippen molar-refractivity contribution in [2.24, 2.45) is 0 Å². The lowest BCUT2D eigenvalue weighted by molar-refractivity contribution is -0.179. The molecule has 2 atom stereocenters. The molecule has 2 heterocycles. The molecule has 2 aromatic heterocycles. The lowest BCUT2D eigenvalue weighted by Crippen LogP contribution is -2.55. The lowest BCUT2D eigenvalue weighted by atomic mass is 10.0. The fraction of sp³-hybridized carbons (Fsp3) is 0.410. The number of hydrogen-bond acceptors (Lipinski definition) is 9. The maximum Gasteiger partial charge on any atom is 0.338 e. The zero-order valence-corrected chi connectivity index (χ0v) is 30.8. The van der Waals surface area contributed by atoms with Crippen LogP contribution in [0, 0.1) is 0 Å². The van der Waals surface area contributed by atoms with Crippen molar-refractivity contribution < 1.29 is 33.4 Å². The highest BCUT2D eigenvalue weighted by molar-refractivity contribution is 5.89. The van der Waals surface area contributed by atoms with E-state index in [1.165, 1.54) is 0 Å². The normalized spacial score (nSPS) is 12.6. The number of pyridine rings is 2. The van der Waals surface area contributed by atoms with Gasteiger partial charge in [0.25, 0.3) is 0 Å².